The predicted octanol–water partition coefficient (Wildman–Crippen LogP) is 2.26. The third-order valence-electron chi connectivity index (χ3n) is 3.70. The highest BCUT2D eigenvalue weighted by atomic mass is 32.2. The molecular weight excluding hydrogens is 288 g/mol. The highest BCUT2D eigenvalue weighted by Crippen LogP contribution is 2.24. The van der Waals surface area contributed by atoms with E-state index in [0.29, 0.717) is 25.3 Å². The van der Waals surface area contributed by atoms with Crippen LogP contribution in [0.5, 0.6) is 0 Å². The molecule has 0 aliphatic heterocycles. The van der Waals surface area contributed by atoms with Crippen molar-refractivity contribution in [2.75, 3.05) is 19.4 Å². The number of rotatable bonds is 9. The molecule has 1 fully saturated rings. The van der Waals surface area contributed by atoms with Crippen LogP contribution in [0.4, 0.5) is 0 Å². The molecule has 2 N–H and O–H groups in total. The second-order valence-electron chi connectivity index (χ2n) is 5.68. The molecule has 1 atom stereocenters. The first-order valence-electron chi connectivity index (χ1n) is 7.82. The van der Waals surface area contributed by atoms with Gasteiger partial charge in [0.15, 0.2) is 0 Å². The van der Waals surface area contributed by atoms with Gasteiger partial charge in [0.05, 0.1) is 12.5 Å². The molecule has 6 heteroatoms. The van der Waals surface area contributed by atoms with Gasteiger partial charge >= 0.3 is 0 Å². The average molecular weight is 316 g/mol. The SMILES string of the molecule is CSNC(=O)CCNC(=O)CC(C)OCC1CCCCC1. The summed E-state index contributed by atoms with van der Waals surface area (Å²) in [6.07, 6.45) is 8.86. The van der Waals surface area contributed by atoms with E-state index in [1.54, 1.807) is 6.26 Å². The normalized spacial score (nSPS) is 17.2. The lowest BCUT2D eigenvalue weighted by atomic mass is 9.90. The number of hydrogen-bond donors (Lipinski definition) is 2. The van der Waals surface area contributed by atoms with Gasteiger partial charge in [0.1, 0.15) is 0 Å². The number of ether oxygens (including phenoxy) is 1. The van der Waals surface area contributed by atoms with Crippen molar-refractivity contribution in [1.29, 1.82) is 0 Å². The molecular formula is C15H28N2O3S. The number of carbonyl (C=O) groups excluding carboxylic acids is 2. The highest BCUT2D eigenvalue weighted by Gasteiger charge is 2.16. The zero-order valence-electron chi connectivity index (χ0n) is 13.2. The van der Waals surface area contributed by atoms with Gasteiger partial charge in [0, 0.05) is 25.8 Å². The largest absolute Gasteiger partial charge is 0.378 e. The summed E-state index contributed by atoms with van der Waals surface area (Å²) in [4.78, 5) is 22.9. The Bertz CT molecular complexity index is 320. The van der Waals surface area contributed by atoms with Crippen LogP contribution < -0.4 is 10.0 Å². The first kappa shape index (κ1) is 18.3. The summed E-state index contributed by atoms with van der Waals surface area (Å²) < 4.78 is 8.39. The van der Waals surface area contributed by atoms with Crippen LogP contribution in [0.3, 0.4) is 0 Å². The monoisotopic (exact) mass is 316 g/mol. The zero-order valence-corrected chi connectivity index (χ0v) is 14.0. The highest BCUT2D eigenvalue weighted by molar-refractivity contribution is 7.97. The summed E-state index contributed by atoms with van der Waals surface area (Å²) in [5, 5.41) is 2.75. The maximum atomic E-state index is 11.7. The van der Waals surface area contributed by atoms with E-state index in [1.807, 2.05) is 6.92 Å². The summed E-state index contributed by atoms with van der Waals surface area (Å²) in [5.41, 5.74) is 0. The lowest BCUT2D eigenvalue weighted by molar-refractivity contribution is -0.124. The van der Waals surface area contributed by atoms with Gasteiger partial charge in [-0.2, -0.15) is 0 Å². The zero-order chi connectivity index (χ0) is 15.5. The van der Waals surface area contributed by atoms with Crippen molar-refractivity contribution in [3.63, 3.8) is 0 Å². The van der Waals surface area contributed by atoms with Crippen molar-refractivity contribution in [3.05, 3.63) is 0 Å². The van der Waals surface area contributed by atoms with E-state index in [1.165, 1.54) is 44.1 Å². The van der Waals surface area contributed by atoms with Gasteiger partial charge < -0.3 is 14.8 Å². The molecule has 1 aliphatic rings. The molecule has 21 heavy (non-hydrogen) atoms. The molecule has 0 radical (unpaired) electrons. The van der Waals surface area contributed by atoms with Crippen LogP contribution in [-0.4, -0.2) is 37.3 Å². The molecule has 5 nitrogen and oxygen atoms in total. The lowest BCUT2D eigenvalue weighted by Crippen LogP contribution is -2.31. The van der Waals surface area contributed by atoms with Crippen LogP contribution in [0, 0.1) is 5.92 Å². The van der Waals surface area contributed by atoms with E-state index < -0.39 is 0 Å². The molecule has 122 valence electrons. The molecule has 0 aromatic rings. The number of hydrogen-bond acceptors (Lipinski definition) is 4. The van der Waals surface area contributed by atoms with Crippen LogP contribution in [0.1, 0.15) is 51.9 Å². The number of amides is 2. The van der Waals surface area contributed by atoms with Crippen molar-refractivity contribution >= 4 is 23.8 Å². The third kappa shape index (κ3) is 8.98. The molecule has 0 aromatic carbocycles. The van der Waals surface area contributed by atoms with E-state index in [4.69, 9.17) is 4.74 Å². The molecule has 1 rings (SSSR count). The van der Waals surface area contributed by atoms with Gasteiger partial charge in [-0.15, -0.1) is 0 Å². The molecule has 1 saturated carbocycles. The van der Waals surface area contributed by atoms with Gasteiger partial charge in [-0.3, -0.25) is 9.59 Å². The van der Waals surface area contributed by atoms with Gasteiger partial charge in [0.2, 0.25) is 11.8 Å². The fraction of sp³-hybridized carbons (Fsp3) is 0.867. The molecule has 0 bridgehead atoms. The minimum Gasteiger partial charge on any atom is -0.378 e. The second-order valence-corrected chi connectivity index (χ2v) is 6.29. The first-order chi connectivity index (χ1) is 10.1. The van der Waals surface area contributed by atoms with Crippen molar-refractivity contribution in [1.82, 2.24) is 10.0 Å². The van der Waals surface area contributed by atoms with Gasteiger partial charge in [-0.1, -0.05) is 31.2 Å². The fourth-order valence-electron chi connectivity index (χ4n) is 2.53. The molecule has 2 amide bonds. The first-order valence-corrected chi connectivity index (χ1v) is 9.04. The second kappa shape index (κ2) is 10.9. The van der Waals surface area contributed by atoms with Crippen LogP contribution >= 0.6 is 11.9 Å². The maximum Gasteiger partial charge on any atom is 0.231 e. The van der Waals surface area contributed by atoms with E-state index in [9.17, 15) is 9.59 Å². The van der Waals surface area contributed by atoms with Crippen LogP contribution in [0.25, 0.3) is 0 Å². The minimum atomic E-state index is -0.0654. The van der Waals surface area contributed by atoms with E-state index in [-0.39, 0.29) is 17.9 Å². The van der Waals surface area contributed by atoms with Gasteiger partial charge in [-0.25, -0.2) is 0 Å². The standard InChI is InChI=1S/C15H28N2O3S/c1-12(20-11-13-6-4-3-5-7-13)10-15(19)16-9-8-14(18)17-21-2/h12-13H,3-11H2,1-2H3,(H,16,19)(H,17,18). The van der Waals surface area contributed by atoms with Crippen LogP contribution in [0.2, 0.25) is 0 Å². The predicted molar refractivity (Wildman–Crippen MR) is 85.9 cm³/mol. The van der Waals surface area contributed by atoms with Gasteiger partial charge in [0.25, 0.3) is 0 Å². The van der Waals surface area contributed by atoms with E-state index in [0.717, 1.165) is 6.61 Å². The molecule has 0 spiro atoms. The molecule has 1 unspecified atom stereocenters. The summed E-state index contributed by atoms with van der Waals surface area (Å²) in [6, 6.07) is 0. The molecule has 0 aromatic heterocycles. The Hall–Kier alpha value is -0.750. The minimum absolute atomic E-state index is 0.0527. The average Bonchev–Trinajstić information content (AvgIpc) is 2.46. The van der Waals surface area contributed by atoms with Crippen molar-refractivity contribution in [2.24, 2.45) is 5.92 Å². The van der Waals surface area contributed by atoms with Crippen molar-refractivity contribution < 1.29 is 14.3 Å². The third-order valence-corrected chi connectivity index (χ3v) is 4.14. The fourth-order valence-corrected chi connectivity index (χ4v) is 2.86. The Balaban J connectivity index is 2.05. The van der Waals surface area contributed by atoms with E-state index >= 15 is 0 Å². The lowest BCUT2D eigenvalue weighted by Gasteiger charge is -2.23. The molecule has 1 aliphatic carbocycles. The van der Waals surface area contributed by atoms with Crippen molar-refractivity contribution in [3.8, 4) is 0 Å². The molecule has 0 heterocycles. The Morgan fingerprint density at radius 2 is 1.95 bits per heavy atom. The summed E-state index contributed by atoms with van der Waals surface area (Å²) in [5.74, 6) is 0.548. The summed E-state index contributed by atoms with van der Waals surface area (Å²) in [6.45, 7) is 3.08. The van der Waals surface area contributed by atoms with Crippen LogP contribution in [0.15, 0.2) is 0 Å². The summed E-state index contributed by atoms with van der Waals surface area (Å²) >= 11 is 1.27. The van der Waals surface area contributed by atoms with Crippen molar-refractivity contribution in [2.45, 2.75) is 58.0 Å². The van der Waals surface area contributed by atoms with Gasteiger partial charge in [-0.05, 0) is 25.7 Å². The topological polar surface area (TPSA) is 67.4 Å². The maximum absolute atomic E-state index is 11.7. The summed E-state index contributed by atoms with van der Waals surface area (Å²) in [7, 11) is 0. The Morgan fingerprint density at radius 1 is 1.24 bits per heavy atom. The Morgan fingerprint density at radius 3 is 2.62 bits per heavy atom. The Labute approximate surface area is 132 Å². The van der Waals surface area contributed by atoms with Crippen LogP contribution in [-0.2, 0) is 14.3 Å². The smallest absolute Gasteiger partial charge is 0.231 e. The van der Waals surface area contributed by atoms with E-state index in [2.05, 4.69) is 10.0 Å². The Kier molecular flexibility index (Phi) is 9.50. The number of nitrogens with one attached hydrogen (secondary N) is 2. The molecule has 0 saturated heterocycles. The quantitative estimate of drug-likeness (QED) is 0.640. The number of carbonyl (C=O) groups is 2.